The maximum atomic E-state index is 13.5. The van der Waals surface area contributed by atoms with Crippen LogP contribution in [0.1, 0.15) is 23.2 Å². The molecule has 0 saturated carbocycles. The Balaban J connectivity index is 2.11. The zero-order valence-electron chi connectivity index (χ0n) is 10.2. The zero-order chi connectivity index (χ0) is 13.4. The van der Waals surface area contributed by atoms with E-state index in [0.29, 0.717) is 18.5 Å². The highest BCUT2D eigenvalue weighted by atomic mass is 19.1. The van der Waals surface area contributed by atoms with Crippen LogP contribution >= 0.6 is 0 Å². The van der Waals surface area contributed by atoms with Crippen molar-refractivity contribution in [2.45, 2.75) is 12.8 Å². The van der Waals surface area contributed by atoms with Gasteiger partial charge in [0, 0.05) is 18.5 Å². The summed E-state index contributed by atoms with van der Waals surface area (Å²) in [5.74, 6) is -0.938. The molecule has 0 bridgehead atoms. The van der Waals surface area contributed by atoms with E-state index >= 15 is 0 Å². The van der Waals surface area contributed by atoms with Crippen molar-refractivity contribution in [1.29, 1.82) is 0 Å². The minimum Gasteiger partial charge on any atom is -0.419 e. The highest BCUT2D eigenvalue weighted by Crippen LogP contribution is 2.18. The van der Waals surface area contributed by atoms with Crippen LogP contribution in [-0.4, -0.2) is 23.9 Å². The summed E-state index contributed by atoms with van der Waals surface area (Å²) in [6.07, 6.45) is 1.89. The molecular weight excluding hydrogens is 249 g/mol. The van der Waals surface area contributed by atoms with Crippen molar-refractivity contribution in [2.24, 2.45) is 0 Å². The Kier molecular flexibility index (Phi) is 2.81. The van der Waals surface area contributed by atoms with E-state index in [1.54, 1.807) is 11.0 Å². The molecule has 1 aromatic heterocycles. The molecule has 0 radical (unpaired) electrons. The van der Waals surface area contributed by atoms with E-state index in [9.17, 15) is 14.0 Å². The standard InChI is InChI=1S/C14H12FNO3/c15-11-5-3-4-9-8-10(14(18)19-12(9)11)13(17)16-6-1-2-7-16/h3-5,8H,1-2,6-7H2. The lowest BCUT2D eigenvalue weighted by Crippen LogP contribution is -2.31. The molecule has 5 heteroatoms. The molecule has 0 atom stereocenters. The van der Waals surface area contributed by atoms with Gasteiger partial charge in [-0.25, -0.2) is 9.18 Å². The lowest BCUT2D eigenvalue weighted by molar-refractivity contribution is 0.0788. The molecule has 2 heterocycles. The van der Waals surface area contributed by atoms with E-state index in [2.05, 4.69) is 0 Å². The summed E-state index contributed by atoms with van der Waals surface area (Å²) in [5.41, 5.74) is -0.917. The van der Waals surface area contributed by atoms with Gasteiger partial charge in [-0.3, -0.25) is 4.79 Å². The molecule has 1 saturated heterocycles. The summed E-state index contributed by atoms with van der Waals surface area (Å²) < 4.78 is 18.4. The zero-order valence-corrected chi connectivity index (χ0v) is 10.2. The van der Waals surface area contributed by atoms with Gasteiger partial charge < -0.3 is 9.32 Å². The van der Waals surface area contributed by atoms with Gasteiger partial charge in [0.1, 0.15) is 5.56 Å². The number of hydrogen-bond acceptors (Lipinski definition) is 3. The molecule has 4 nitrogen and oxygen atoms in total. The van der Waals surface area contributed by atoms with Crippen LogP contribution in [0.4, 0.5) is 4.39 Å². The van der Waals surface area contributed by atoms with Crippen LogP contribution in [0.25, 0.3) is 11.0 Å². The Labute approximate surface area is 108 Å². The number of nitrogens with zero attached hydrogens (tertiary/aromatic N) is 1. The first kappa shape index (κ1) is 11.9. The topological polar surface area (TPSA) is 50.5 Å². The van der Waals surface area contributed by atoms with Crippen molar-refractivity contribution < 1.29 is 13.6 Å². The maximum absolute atomic E-state index is 13.5. The first-order chi connectivity index (χ1) is 9.16. The average Bonchev–Trinajstić information content (AvgIpc) is 2.92. The number of halogens is 1. The molecule has 0 unspecified atom stereocenters. The molecule has 1 aliphatic heterocycles. The molecule has 0 spiro atoms. The molecule has 1 aliphatic rings. The number of benzene rings is 1. The number of likely N-dealkylation sites (tertiary alicyclic amines) is 1. The Bertz CT molecular complexity index is 701. The van der Waals surface area contributed by atoms with Crippen LogP contribution in [0.2, 0.25) is 0 Å². The third-order valence-electron chi connectivity index (χ3n) is 3.34. The van der Waals surface area contributed by atoms with Gasteiger partial charge >= 0.3 is 5.63 Å². The SMILES string of the molecule is O=C(c1cc2cccc(F)c2oc1=O)N1CCCC1. The summed E-state index contributed by atoms with van der Waals surface area (Å²) in [5, 5.41) is 0.419. The monoisotopic (exact) mass is 261 g/mol. The van der Waals surface area contributed by atoms with Crippen LogP contribution < -0.4 is 5.63 Å². The first-order valence-electron chi connectivity index (χ1n) is 6.18. The predicted molar refractivity (Wildman–Crippen MR) is 67.6 cm³/mol. The van der Waals surface area contributed by atoms with Crippen molar-refractivity contribution in [1.82, 2.24) is 4.90 Å². The third-order valence-corrected chi connectivity index (χ3v) is 3.34. The van der Waals surface area contributed by atoms with Gasteiger partial charge in [0.2, 0.25) is 0 Å². The predicted octanol–water partition coefficient (Wildman–Crippen LogP) is 2.17. The molecule has 1 amide bonds. The van der Waals surface area contributed by atoms with Crippen LogP contribution in [0, 0.1) is 5.82 Å². The van der Waals surface area contributed by atoms with Crippen LogP contribution in [0.5, 0.6) is 0 Å². The number of hydrogen-bond donors (Lipinski definition) is 0. The van der Waals surface area contributed by atoms with Crippen molar-refractivity contribution in [2.75, 3.05) is 13.1 Å². The fraction of sp³-hybridized carbons (Fsp3) is 0.286. The Hall–Kier alpha value is -2.17. The average molecular weight is 261 g/mol. The minimum absolute atomic E-state index is 0.0278. The number of rotatable bonds is 1. The lowest BCUT2D eigenvalue weighted by atomic mass is 10.1. The molecule has 0 aliphatic carbocycles. The van der Waals surface area contributed by atoms with E-state index in [0.717, 1.165) is 12.8 Å². The summed E-state index contributed by atoms with van der Waals surface area (Å²) >= 11 is 0. The number of carbonyl (C=O) groups is 1. The fourth-order valence-corrected chi connectivity index (χ4v) is 2.35. The molecule has 1 aromatic carbocycles. The lowest BCUT2D eigenvalue weighted by Gasteiger charge is -2.14. The van der Waals surface area contributed by atoms with Crippen molar-refractivity contribution >= 4 is 16.9 Å². The van der Waals surface area contributed by atoms with E-state index in [4.69, 9.17) is 4.42 Å². The van der Waals surface area contributed by atoms with E-state index in [-0.39, 0.29) is 17.1 Å². The molecule has 1 fully saturated rings. The maximum Gasteiger partial charge on any atom is 0.349 e. The number of fused-ring (bicyclic) bond motifs is 1. The largest absolute Gasteiger partial charge is 0.419 e. The normalized spacial score (nSPS) is 15.1. The summed E-state index contributed by atoms with van der Waals surface area (Å²) in [4.78, 5) is 25.6. The van der Waals surface area contributed by atoms with Gasteiger partial charge in [0.25, 0.3) is 5.91 Å². The second-order valence-electron chi connectivity index (χ2n) is 4.61. The molecule has 98 valence electrons. The number of carbonyl (C=O) groups excluding carboxylic acids is 1. The highest BCUT2D eigenvalue weighted by Gasteiger charge is 2.23. The summed E-state index contributed by atoms with van der Waals surface area (Å²) in [6.45, 7) is 1.30. The second-order valence-corrected chi connectivity index (χ2v) is 4.61. The summed E-state index contributed by atoms with van der Waals surface area (Å²) in [7, 11) is 0. The van der Waals surface area contributed by atoms with E-state index in [1.165, 1.54) is 18.2 Å². The molecule has 19 heavy (non-hydrogen) atoms. The minimum atomic E-state index is -0.783. The van der Waals surface area contributed by atoms with Gasteiger partial charge in [0.15, 0.2) is 11.4 Å². The van der Waals surface area contributed by atoms with Crippen molar-refractivity contribution in [3.05, 3.63) is 46.1 Å². The molecule has 3 rings (SSSR count). The van der Waals surface area contributed by atoms with Gasteiger partial charge in [0.05, 0.1) is 0 Å². The van der Waals surface area contributed by atoms with E-state index in [1.807, 2.05) is 0 Å². The van der Waals surface area contributed by atoms with Crippen LogP contribution in [-0.2, 0) is 0 Å². The highest BCUT2D eigenvalue weighted by molar-refractivity contribution is 5.96. The number of para-hydroxylation sites is 1. The Morgan fingerprint density at radius 1 is 1.26 bits per heavy atom. The van der Waals surface area contributed by atoms with Gasteiger partial charge in [-0.15, -0.1) is 0 Å². The van der Waals surface area contributed by atoms with Crippen LogP contribution in [0.3, 0.4) is 0 Å². The molecular formula is C14H12FNO3. The molecule has 2 aromatic rings. The van der Waals surface area contributed by atoms with E-state index < -0.39 is 11.4 Å². The van der Waals surface area contributed by atoms with Gasteiger partial charge in [-0.05, 0) is 25.0 Å². The Morgan fingerprint density at radius 2 is 2.00 bits per heavy atom. The smallest absolute Gasteiger partial charge is 0.349 e. The van der Waals surface area contributed by atoms with Crippen molar-refractivity contribution in [3.8, 4) is 0 Å². The Morgan fingerprint density at radius 3 is 2.74 bits per heavy atom. The van der Waals surface area contributed by atoms with Crippen molar-refractivity contribution in [3.63, 3.8) is 0 Å². The number of amides is 1. The second kappa shape index (κ2) is 4.50. The van der Waals surface area contributed by atoms with Crippen LogP contribution in [0.15, 0.2) is 33.5 Å². The first-order valence-corrected chi connectivity index (χ1v) is 6.18. The molecule has 0 N–H and O–H groups in total. The summed E-state index contributed by atoms with van der Waals surface area (Å²) in [6, 6.07) is 5.75. The van der Waals surface area contributed by atoms with Gasteiger partial charge in [-0.2, -0.15) is 0 Å². The third kappa shape index (κ3) is 2.01. The quantitative estimate of drug-likeness (QED) is 0.739. The van der Waals surface area contributed by atoms with Gasteiger partial charge in [-0.1, -0.05) is 12.1 Å². The fourth-order valence-electron chi connectivity index (χ4n) is 2.35.